The Labute approximate surface area is 144 Å². The first-order chi connectivity index (χ1) is 10.9. The first-order valence-corrected chi connectivity index (χ1v) is 7.62. The highest BCUT2D eigenvalue weighted by molar-refractivity contribution is 9.10. The van der Waals surface area contributed by atoms with Gasteiger partial charge < -0.3 is 4.74 Å². The molecule has 2 heterocycles. The molecule has 0 aliphatic carbocycles. The lowest BCUT2D eigenvalue weighted by molar-refractivity contribution is -0.385. The monoisotopic (exact) mass is 396 g/mol. The highest BCUT2D eigenvalue weighted by Gasteiger charge is 2.20. The Kier molecular flexibility index (Phi) is 3.95. The van der Waals surface area contributed by atoms with E-state index in [1.54, 1.807) is 23.0 Å². The third kappa shape index (κ3) is 2.64. The van der Waals surface area contributed by atoms with E-state index < -0.39 is 4.92 Å². The van der Waals surface area contributed by atoms with Crippen molar-refractivity contribution in [1.82, 2.24) is 14.8 Å². The molecule has 0 saturated heterocycles. The smallest absolute Gasteiger partial charge is 0.287 e. The zero-order chi connectivity index (χ0) is 16.7. The second kappa shape index (κ2) is 5.78. The maximum Gasteiger partial charge on any atom is 0.287 e. The molecule has 0 N–H and O–H groups in total. The average Bonchev–Trinajstić information content (AvgIpc) is 2.82. The molecule has 0 spiro atoms. The molecule has 0 saturated carbocycles. The first-order valence-electron chi connectivity index (χ1n) is 6.45. The molecule has 23 heavy (non-hydrogen) atoms. The van der Waals surface area contributed by atoms with Gasteiger partial charge in [0.1, 0.15) is 10.8 Å². The van der Waals surface area contributed by atoms with Gasteiger partial charge in [0.15, 0.2) is 5.75 Å². The van der Waals surface area contributed by atoms with Crippen LogP contribution in [-0.2, 0) is 0 Å². The molecule has 0 bridgehead atoms. The zero-order valence-electron chi connectivity index (χ0n) is 12.1. The summed E-state index contributed by atoms with van der Waals surface area (Å²) in [6, 6.07) is 4.63. The van der Waals surface area contributed by atoms with Crippen LogP contribution in [0.15, 0.2) is 28.9 Å². The van der Waals surface area contributed by atoms with Crippen molar-refractivity contribution in [1.29, 1.82) is 0 Å². The molecule has 0 aliphatic heterocycles. The summed E-state index contributed by atoms with van der Waals surface area (Å²) in [5.41, 5.74) is 1.98. The molecule has 0 unspecified atom stereocenters. The minimum atomic E-state index is -0.483. The van der Waals surface area contributed by atoms with Crippen molar-refractivity contribution in [2.24, 2.45) is 0 Å². The van der Waals surface area contributed by atoms with Crippen LogP contribution in [0.2, 0.25) is 5.15 Å². The van der Waals surface area contributed by atoms with E-state index in [9.17, 15) is 10.1 Å². The normalized spacial score (nSPS) is 11.0. The maximum absolute atomic E-state index is 11.1. The molecule has 0 radical (unpaired) electrons. The molecular formula is C14H10BrClN4O3. The average molecular weight is 398 g/mol. The maximum atomic E-state index is 11.1. The lowest BCUT2D eigenvalue weighted by Gasteiger charge is -2.10. The molecule has 3 rings (SSSR count). The van der Waals surface area contributed by atoms with Crippen molar-refractivity contribution in [3.05, 3.63) is 49.8 Å². The van der Waals surface area contributed by atoms with Crippen LogP contribution < -0.4 is 4.74 Å². The summed E-state index contributed by atoms with van der Waals surface area (Å²) >= 11 is 9.19. The standard InChI is InChI=1S/C14H10BrClN4O3/c1-7-8-6-17-14(16)5-10(8)19(18-7)12-3-9(15)11(20(21)22)4-13(12)23-2/h3-6H,1-2H3. The van der Waals surface area contributed by atoms with Crippen LogP contribution in [0, 0.1) is 17.0 Å². The van der Waals surface area contributed by atoms with Gasteiger partial charge in [0.25, 0.3) is 5.69 Å². The molecule has 3 aromatic rings. The Hall–Kier alpha value is -2.19. The Balaban J connectivity index is 2.32. The van der Waals surface area contributed by atoms with Gasteiger partial charge in [-0.3, -0.25) is 10.1 Å². The van der Waals surface area contributed by atoms with Gasteiger partial charge >= 0.3 is 0 Å². The van der Waals surface area contributed by atoms with Crippen molar-refractivity contribution in [3.8, 4) is 11.4 Å². The number of methoxy groups -OCH3 is 1. The van der Waals surface area contributed by atoms with Crippen LogP contribution in [0.4, 0.5) is 5.69 Å². The van der Waals surface area contributed by atoms with Crippen LogP contribution in [0.1, 0.15) is 5.69 Å². The number of rotatable bonds is 3. The van der Waals surface area contributed by atoms with Gasteiger partial charge in [-0.25, -0.2) is 9.67 Å². The van der Waals surface area contributed by atoms with Crippen LogP contribution in [0.25, 0.3) is 16.6 Å². The number of hydrogen-bond donors (Lipinski definition) is 0. The Morgan fingerprint density at radius 3 is 2.78 bits per heavy atom. The van der Waals surface area contributed by atoms with Gasteiger partial charge in [0.05, 0.1) is 33.8 Å². The van der Waals surface area contributed by atoms with E-state index in [1.807, 2.05) is 6.92 Å². The lowest BCUT2D eigenvalue weighted by atomic mass is 10.2. The Morgan fingerprint density at radius 1 is 1.39 bits per heavy atom. The van der Waals surface area contributed by atoms with Crippen molar-refractivity contribution < 1.29 is 9.66 Å². The van der Waals surface area contributed by atoms with Crippen LogP contribution in [0.3, 0.4) is 0 Å². The summed E-state index contributed by atoms with van der Waals surface area (Å²) in [7, 11) is 1.45. The SMILES string of the molecule is COc1cc([N+](=O)[O-])c(Br)cc1-n1nc(C)c2cnc(Cl)cc21. The van der Waals surface area contributed by atoms with E-state index in [0.29, 0.717) is 21.1 Å². The number of aryl methyl sites for hydroxylation is 1. The van der Waals surface area contributed by atoms with Crippen molar-refractivity contribution in [2.45, 2.75) is 6.92 Å². The van der Waals surface area contributed by atoms with Crippen LogP contribution in [-0.4, -0.2) is 26.8 Å². The molecule has 0 atom stereocenters. The van der Waals surface area contributed by atoms with E-state index in [4.69, 9.17) is 16.3 Å². The molecule has 1 aromatic carbocycles. The number of aromatic nitrogens is 3. The summed E-state index contributed by atoms with van der Waals surface area (Å²) < 4.78 is 7.26. The van der Waals surface area contributed by atoms with Gasteiger partial charge in [-0.05, 0) is 28.9 Å². The van der Waals surface area contributed by atoms with Gasteiger partial charge in [-0.1, -0.05) is 11.6 Å². The molecular weight excluding hydrogens is 388 g/mol. The Morgan fingerprint density at radius 2 is 2.13 bits per heavy atom. The second-order valence-electron chi connectivity index (χ2n) is 4.75. The fourth-order valence-electron chi connectivity index (χ4n) is 2.32. The number of nitro benzene ring substituents is 1. The number of nitrogens with zero attached hydrogens (tertiary/aromatic N) is 4. The van der Waals surface area contributed by atoms with E-state index in [1.165, 1.54) is 13.2 Å². The van der Waals surface area contributed by atoms with Crippen molar-refractivity contribution in [3.63, 3.8) is 0 Å². The van der Waals surface area contributed by atoms with E-state index in [0.717, 1.165) is 16.6 Å². The third-order valence-corrected chi connectivity index (χ3v) is 4.23. The highest BCUT2D eigenvalue weighted by atomic mass is 79.9. The lowest BCUT2D eigenvalue weighted by Crippen LogP contribution is -2.02. The fraction of sp³-hybridized carbons (Fsp3) is 0.143. The van der Waals surface area contributed by atoms with Gasteiger partial charge in [0, 0.05) is 17.6 Å². The number of nitro groups is 1. The highest BCUT2D eigenvalue weighted by Crippen LogP contribution is 2.36. The molecule has 0 amide bonds. The minimum Gasteiger partial charge on any atom is -0.494 e. The summed E-state index contributed by atoms with van der Waals surface area (Å²) in [4.78, 5) is 14.6. The first kappa shape index (κ1) is 15.7. The number of benzene rings is 1. The largest absolute Gasteiger partial charge is 0.494 e. The van der Waals surface area contributed by atoms with E-state index in [2.05, 4.69) is 26.0 Å². The molecule has 2 aromatic heterocycles. The summed E-state index contributed by atoms with van der Waals surface area (Å²) in [5, 5.41) is 16.7. The number of hydrogen-bond acceptors (Lipinski definition) is 5. The summed E-state index contributed by atoms with van der Waals surface area (Å²) in [6.07, 6.45) is 1.64. The minimum absolute atomic E-state index is 0.0847. The molecule has 0 aliphatic rings. The van der Waals surface area contributed by atoms with Gasteiger partial charge in [-0.15, -0.1) is 0 Å². The fourth-order valence-corrected chi connectivity index (χ4v) is 2.94. The number of halogens is 2. The van der Waals surface area contributed by atoms with Gasteiger partial charge in [-0.2, -0.15) is 5.10 Å². The zero-order valence-corrected chi connectivity index (χ0v) is 14.4. The quantitative estimate of drug-likeness (QED) is 0.378. The van der Waals surface area contributed by atoms with Gasteiger partial charge in [0.2, 0.25) is 0 Å². The van der Waals surface area contributed by atoms with Crippen LogP contribution in [0.5, 0.6) is 5.75 Å². The Bertz CT molecular complexity index is 941. The molecule has 9 heteroatoms. The third-order valence-electron chi connectivity index (χ3n) is 3.39. The van der Waals surface area contributed by atoms with Crippen LogP contribution >= 0.6 is 27.5 Å². The molecule has 7 nitrogen and oxygen atoms in total. The predicted octanol–water partition coefficient (Wildman–Crippen LogP) is 4.06. The molecule has 0 fully saturated rings. The van der Waals surface area contributed by atoms with E-state index in [-0.39, 0.29) is 5.69 Å². The predicted molar refractivity (Wildman–Crippen MR) is 89.5 cm³/mol. The number of fused-ring (bicyclic) bond motifs is 1. The number of ether oxygens (including phenoxy) is 1. The van der Waals surface area contributed by atoms with E-state index >= 15 is 0 Å². The second-order valence-corrected chi connectivity index (χ2v) is 6.00. The summed E-state index contributed by atoms with van der Waals surface area (Å²) in [5.74, 6) is 0.331. The van der Waals surface area contributed by atoms with Crippen molar-refractivity contribution in [2.75, 3.05) is 7.11 Å². The van der Waals surface area contributed by atoms with Crippen molar-refractivity contribution >= 4 is 44.1 Å². The summed E-state index contributed by atoms with van der Waals surface area (Å²) in [6.45, 7) is 1.85. The number of pyridine rings is 1. The topological polar surface area (TPSA) is 83.1 Å². The molecule has 118 valence electrons.